The highest BCUT2D eigenvalue weighted by Crippen LogP contribution is 2.45. The molecule has 0 aromatic heterocycles. The van der Waals surface area contributed by atoms with Crippen molar-refractivity contribution >= 4 is 35.4 Å². The summed E-state index contributed by atoms with van der Waals surface area (Å²) in [6, 6.07) is 7.74. The fourth-order valence-electron chi connectivity index (χ4n) is 3.70. The van der Waals surface area contributed by atoms with E-state index < -0.39 is 12.1 Å². The zero-order valence-corrected chi connectivity index (χ0v) is 17.9. The molecular weight excluding hydrogens is 378 g/mol. The van der Waals surface area contributed by atoms with E-state index in [1.54, 1.807) is 19.1 Å². The number of hydrogen-bond acceptors (Lipinski definition) is 5. The number of thioether (sulfide) groups is 2. The van der Waals surface area contributed by atoms with Crippen LogP contribution in [0, 0.1) is 11.8 Å². The third-order valence-electron chi connectivity index (χ3n) is 5.73. The molecule has 1 aliphatic heterocycles. The van der Waals surface area contributed by atoms with Gasteiger partial charge in [0.2, 0.25) is 0 Å². The Balaban J connectivity index is 1.52. The van der Waals surface area contributed by atoms with Crippen molar-refractivity contribution in [2.24, 2.45) is 11.8 Å². The number of carbonyl (C=O) groups excluding carboxylic acids is 2. The van der Waals surface area contributed by atoms with Crippen LogP contribution in [0.4, 0.5) is 0 Å². The average molecular weight is 408 g/mol. The van der Waals surface area contributed by atoms with E-state index in [4.69, 9.17) is 4.74 Å². The Hall–Kier alpha value is -1.14. The van der Waals surface area contributed by atoms with E-state index in [2.05, 4.69) is 19.2 Å². The van der Waals surface area contributed by atoms with Crippen LogP contribution >= 0.6 is 23.5 Å². The summed E-state index contributed by atoms with van der Waals surface area (Å²) in [6.07, 6.45) is 2.55. The van der Waals surface area contributed by atoms with Crippen molar-refractivity contribution in [1.82, 2.24) is 5.32 Å². The number of ether oxygens (including phenoxy) is 1. The Labute approximate surface area is 170 Å². The number of amides is 1. The van der Waals surface area contributed by atoms with Crippen molar-refractivity contribution in [2.75, 3.05) is 11.5 Å². The number of benzene rings is 1. The fourth-order valence-corrected chi connectivity index (χ4v) is 6.55. The third kappa shape index (κ3) is 5.23. The van der Waals surface area contributed by atoms with Crippen LogP contribution in [0.25, 0.3) is 0 Å². The Morgan fingerprint density at radius 3 is 2.44 bits per heavy atom. The Morgan fingerprint density at radius 1 is 1.11 bits per heavy atom. The number of nitrogens with one attached hydrogen (secondary N) is 1. The minimum absolute atomic E-state index is 0.170. The molecule has 4 nitrogen and oxygen atoms in total. The van der Waals surface area contributed by atoms with E-state index in [9.17, 15) is 9.59 Å². The molecule has 1 saturated carbocycles. The van der Waals surface area contributed by atoms with Crippen molar-refractivity contribution in [3.05, 3.63) is 35.4 Å². The van der Waals surface area contributed by atoms with Crippen molar-refractivity contribution in [1.29, 1.82) is 0 Å². The predicted molar refractivity (Wildman–Crippen MR) is 113 cm³/mol. The highest BCUT2D eigenvalue weighted by Gasteiger charge is 2.30. The van der Waals surface area contributed by atoms with Gasteiger partial charge in [-0.2, -0.15) is 0 Å². The summed E-state index contributed by atoms with van der Waals surface area (Å²) in [6.45, 7) is 6.07. The predicted octanol–water partition coefficient (Wildman–Crippen LogP) is 4.65. The van der Waals surface area contributed by atoms with Crippen LogP contribution in [0.5, 0.6) is 0 Å². The monoisotopic (exact) mass is 407 g/mol. The number of rotatable bonds is 5. The zero-order chi connectivity index (χ0) is 19.4. The van der Waals surface area contributed by atoms with Gasteiger partial charge >= 0.3 is 5.97 Å². The highest BCUT2D eigenvalue weighted by atomic mass is 32.2. The van der Waals surface area contributed by atoms with E-state index in [-0.39, 0.29) is 11.9 Å². The lowest BCUT2D eigenvalue weighted by molar-refractivity contribution is -0.130. The van der Waals surface area contributed by atoms with Gasteiger partial charge in [-0.05, 0) is 42.9 Å². The Bertz CT molecular complexity index is 658. The van der Waals surface area contributed by atoms with E-state index in [0.717, 1.165) is 12.8 Å². The first-order chi connectivity index (χ1) is 13.0. The number of hydrogen-bond donors (Lipinski definition) is 1. The first kappa shape index (κ1) is 20.6. The molecule has 6 heteroatoms. The molecule has 3 rings (SSSR count). The van der Waals surface area contributed by atoms with Crippen LogP contribution in [0.3, 0.4) is 0 Å². The van der Waals surface area contributed by atoms with Crippen LogP contribution in [0.1, 0.15) is 60.5 Å². The van der Waals surface area contributed by atoms with Crippen LogP contribution < -0.4 is 5.32 Å². The molecule has 4 atom stereocenters. The summed E-state index contributed by atoms with van der Waals surface area (Å²) < 4.78 is 5.86. The Kier molecular flexibility index (Phi) is 7.15. The topological polar surface area (TPSA) is 55.4 Å². The maximum absolute atomic E-state index is 12.5. The number of esters is 1. The normalized spacial score (nSPS) is 27.1. The lowest BCUT2D eigenvalue weighted by Crippen LogP contribution is -2.47. The maximum Gasteiger partial charge on any atom is 0.338 e. The minimum Gasteiger partial charge on any atom is -0.449 e. The smallest absolute Gasteiger partial charge is 0.338 e. The first-order valence-electron chi connectivity index (χ1n) is 9.80. The van der Waals surface area contributed by atoms with Gasteiger partial charge in [-0.1, -0.05) is 38.8 Å². The van der Waals surface area contributed by atoms with E-state index in [1.165, 1.54) is 23.5 Å². The maximum atomic E-state index is 12.5. The van der Waals surface area contributed by atoms with Gasteiger partial charge in [0.25, 0.3) is 5.91 Å². The fraction of sp³-hybridized carbons (Fsp3) is 0.619. The zero-order valence-electron chi connectivity index (χ0n) is 16.3. The lowest BCUT2D eigenvalue weighted by atomic mass is 9.78. The average Bonchev–Trinajstić information content (AvgIpc) is 3.20. The summed E-state index contributed by atoms with van der Waals surface area (Å²) in [7, 11) is 0. The van der Waals surface area contributed by atoms with Gasteiger partial charge in [0.1, 0.15) is 0 Å². The number of carbonyl (C=O) groups is 2. The molecule has 148 valence electrons. The minimum atomic E-state index is -0.789. The lowest BCUT2D eigenvalue weighted by Gasteiger charge is -2.35. The largest absolute Gasteiger partial charge is 0.449 e. The molecule has 1 saturated heterocycles. The molecule has 1 aromatic carbocycles. The van der Waals surface area contributed by atoms with Crippen LogP contribution in [0.15, 0.2) is 24.3 Å². The van der Waals surface area contributed by atoms with Crippen LogP contribution in [-0.4, -0.2) is 35.5 Å². The summed E-state index contributed by atoms with van der Waals surface area (Å²) in [5.74, 6) is 2.75. The van der Waals surface area contributed by atoms with Gasteiger partial charge in [-0.3, -0.25) is 4.79 Å². The second kappa shape index (κ2) is 9.37. The van der Waals surface area contributed by atoms with E-state index in [0.29, 0.717) is 22.0 Å². The van der Waals surface area contributed by atoms with Crippen molar-refractivity contribution < 1.29 is 14.3 Å². The summed E-state index contributed by atoms with van der Waals surface area (Å²) >= 11 is 3.87. The van der Waals surface area contributed by atoms with Gasteiger partial charge in [0.05, 0.1) is 10.1 Å². The molecule has 0 bridgehead atoms. The standard InChI is InChI=1S/C21H29NO3S2/c1-13-5-4-6-18(14(13)2)22-19(23)15(3)25-20(24)16-7-9-17(10-8-16)21-26-11-12-27-21/h7-10,13-15,18,21H,4-6,11-12H2,1-3H3,(H,22,23)/t13-,14-,15-,18+/m1/s1. The van der Waals surface area contributed by atoms with Gasteiger partial charge in [0, 0.05) is 17.5 Å². The molecule has 27 heavy (non-hydrogen) atoms. The van der Waals surface area contributed by atoms with E-state index in [1.807, 2.05) is 35.7 Å². The van der Waals surface area contributed by atoms with Gasteiger partial charge in [-0.25, -0.2) is 4.79 Å². The second-order valence-electron chi connectivity index (χ2n) is 7.63. The van der Waals surface area contributed by atoms with E-state index >= 15 is 0 Å². The first-order valence-corrected chi connectivity index (χ1v) is 11.9. The van der Waals surface area contributed by atoms with Gasteiger partial charge in [0.15, 0.2) is 6.10 Å². The van der Waals surface area contributed by atoms with Crippen LogP contribution in [0.2, 0.25) is 0 Å². The molecule has 0 spiro atoms. The Morgan fingerprint density at radius 2 is 1.78 bits per heavy atom. The molecule has 1 amide bonds. The highest BCUT2D eigenvalue weighted by molar-refractivity contribution is 8.19. The van der Waals surface area contributed by atoms with Gasteiger partial charge < -0.3 is 10.1 Å². The molecule has 1 aromatic rings. The van der Waals surface area contributed by atoms with Crippen LogP contribution in [-0.2, 0) is 9.53 Å². The third-order valence-corrected chi connectivity index (χ3v) is 8.83. The SMILES string of the molecule is C[C@@H]1[C@H](C)CCC[C@@H]1NC(=O)[C@@H](C)OC(=O)c1ccc(C2SCCS2)cc1. The van der Waals surface area contributed by atoms with Crippen molar-refractivity contribution in [2.45, 2.75) is 56.8 Å². The van der Waals surface area contributed by atoms with Gasteiger partial charge in [-0.15, -0.1) is 23.5 Å². The molecule has 1 aliphatic carbocycles. The quantitative estimate of drug-likeness (QED) is 0.720. The summed E-state index contributed by atoms with van der Waals surface area (Å²) in [5, 5.41) is 3.08. The van der Waals surface area contributed by atoms with Crippen molar-refractivity contribution in [3.8, 4) is 0 Å². The molecule has 0 radical (unpaired) electrons. The summed E-state index contributed by atoms with van der Waals surface area (Å²) in [5.41, 5.74) is 1.72. The molecule has 2 fully saturated rings. The molecule has 2 aliphatic rings. The second-order valence-corrected chi connectivity index (χ2v) is 10.3. The van der Waals surface area contributed by atoms with Crippen molar-refractivity contribution in [3.63, 3.8) is 0 Å². The molecule has 1 N–H and O–H groups in total. The molecular formula is C21H29NO3S2. The molecule has 0 unspecified atom stereocenters. The summed E-state index contributed by atoms with van der Waals surface area (Å²) in [4.78, 5) is 24.9. The molecule has 1 heterocycles.